The van der Waals surface area contributed by atoms with Crippen LogP contribution in [0, 0.1) is 5.92 Å². The molecule has 0 bridgehead atoms. The van der Waals surface area contributed by atoms with Gasteiger partial charge in [0.25, 0.3) is 0 Å². The van der Waals surface area contributed by atoms with Crippen LogP contribution in [0.1, 0.15) is 19.8 Å². The molecule has 0 heterocycles. The maximum atomic E-state index is 8.71. The van der Waals surface area contributed by atoms with Gasteiger partial charge in [0.15, 0.2) is 5.79 Å². The standard InChI is InChI=1S/C5H10O2/c1-5(6,7)4-2-3-4/h4,6-7H,2-3H2,1H3. The average molecular weight is 102 g/mol. The van der Waals surface area contributed by atoms with E-state index in [2.05, 4.69) is 0 Å². The van der Waals surface area contributed by atoms with Gasteiger partial charge in [0, 0.05) is 5.92 Å². The summed E-state index contributed by atoms with van der Waals surface area (Å²) in [7, 11) is 0. The zero-order chi connectivity index (χ0) is 5.49. The molecule has 1 rings (SSSR count). The molecule has 0 spiro atoms. The van der Waals surface area contributed by atoms with Crippen molar-refractivity contribution < 1.29 is 10.2 Å². The summed E-state index contributed by atoms with van der Waals surface area (Å²) < 4.78 is 0. The molecule has 0 amide bonds. The first-order valence-corrected chi connectivity index (χ1v) is 2.55. The van der Waals surface area contributed by atoms with Gasteiger partial charge < -0.3 is 10.2 Å². The van der Waals surface area contributed by atoms with Crippen molar-refractivity contribution in [2.45, 2.75) is 25.6 Å². The Morgan fingerprint density at radius 2 is 1.86 bits per heavy atom. The molecule has 1 fully saturated rings. The first kappa shape index (κ1) is 5.06. The summed E-state index contributed by atoms with van der Waals surface area (Å²) in [4.78, 5) is 0. The molecule has 7 heavy (non-hydrogen) atoms. The molecule has 0 aromatic carbocycles. The van der Waals surface area contributed by atoms with Gasteiger partial charge in [0.05, 0.1) is 0 Å². The van der Waals surface area contributed by atoms with Crippen LogP contribution in [0.5, 0.6) is 0 Å². The van der Waals surface area contributed by atoms with Crippen molar-refractivity contribution >= 4 is 0 Å². The lowest BCUT2D eigenvalue weighted by atomic mass is 10.2. The van der Waals surface area contributed by atoms with Crippen LogP contribution in [0.3, 0.4) is 0 Å². The fourth-order valence-corrected chi connectivity index (χ4v) is 0.630. The molecule has 0 radical (unpaired) electrons. The molecular formula is C5H10O2. The Hall–Kier alpha value is -0.0800. The predicted octanol–water partition coefficient (Wildman–Crippen LogP) is 0.0972. The molecule has 1 aliphatic carbocycles. The van der Waals surface area contributed by atoms with Gasteiger partial charge in [-0.1, -0.05) is 0 Å². The fourth-order valence-electron chi connectivity index (χ4n) is 0.630. The number of hydrogen-bond acceptors (Lipinski definition) is 2. The molecule has 0 aliphatic heterocycles. The van der Waals surface area contributed by atoms with Crippen molar-refractivity contribution in [3.05, 3.63) is 0 Å². The zero-order valence-electron chi connectivity index (χ0n) is 4.39. The van der Waals surface area contributed by atoms with Crippen LogP contribution in [-0.2, 0) is 0 Å². The van der Waals surface area contributed by atoms with E-state index in [0.717, 1.165) is 12.8 Å². The first-order valence-electron chi connectivity index (χ1n) is 2.55. The molecule has 42 valence electrons. The normalized spacial score (nSPS) is 22.7. The first-order chi connectivity index (χ1) is 3.11. The van der Waals surface area contributed by atoms with E-state index in [-0.39, 0.29) is 5.92 Å². The summed E-state index contributed by atoms with van der Waals surface area (Å²) in [5.41, 5.74) is 0. The Labute approximate surface area is 42.8 Å². The van der Waals surface area contributed by atoms with E-state index < -0.39 is 5.79 Å². The molecular weight excluding hydrogens is 92.1 g/mol. The molecule has 0 aromatic heterocycles. The van der Waals surface area contributed by atoms with Gasteiger partial charge >= 0.3 is 0 Å². The minimum atomic E-state index is -1.39. The number of aliphatic hydroxyl groups is 2. The highest BCUT2D eigenvalue weighted by molar-refractivity contribution is 4.82. The van der Waals surface area contributed by atoms with Crippen molar-refractivity contribution in [3.63, 3.8) is 0 Å². The maximum Gasteiger partial charge on any atom is 0.162 e. The third-order valence-electron chi connectivity index (χ3n) is 1.35. The molecule has 0 aromatic rings. The molecule has 0 atom stereocenters. The summed E-state index contributed by atoms with van der Waals surface area (Å²) in [6.07, 6.45) is 1.95. The van der Waals surface area contributed by atoms with Gasteiger partial charge in [-0.3, -0.25) is 0 Å². The summed E-state index contributed by atoms with van der Waals surface area (Å²) in [6, 6.07) is 0. The molecule has 0 unspecified atom stereocenters. The van der Waals surface area contributed by atoms with E-state index in [0.29, 0.717) is 0 Å². The van der Waals surface area contributed by atoms with Crippen LogP contribution in [0.2, 0.25) is 0 Å². The van der Waals surface area contributed by atoms with Gasteiger partial charge in [0.2, 0.25) is 0 Å². The average Bonchev–Trinajstić information content (AvgIpc) is 1.99. The van der Waals surface area contributed by atoms with Crippen LogP contribution in [0.15, 0.2) is 0 Å². The summed E-state index contributed by atoms with van der Waals surface area (Å²) in [5.74, 6) is -1.23. The monoisotopic (exact) mass is 102 g/mol. The molecule has 2 heteroatoms. The predicted molar refractivity (Wildman–Crippen MR) is 25.6 cm³/mol. The van der Waals surface area contributed by atoms with E-state index in [1.54, 1.807) is 0 Å². The van der Waals surface area contributed by atoms with Gasteiger partial charge in [-0.2, -0.15) is 0 Å². The topological polar surface area (TPSA) is 40.5 Å². The Kier molecular flexibility index (Phi) is 0.869. The third-order valence-corrected chi connectivity index (χ3v) is 1.35. The third kappa shape index (κ3) is 1.14. The van der Waals surface area contributed by atoms with Crippen LogP contribution in [0.4, 0.5) is 0 Å². The van der Waals surface area contributed by atoms with E-state index in [1.807, 2.05) is 0 Å². The molecule has 2 nitrogen and oxygen atoms in total. The van der Waals surface area contributed by atoms with Crippen LogP contribution in [-0.4, -0.2) is 16.0 Å². The van der Waals surface area contributed by atoms with Gasteiger partial charge in [-0.05, 0) is 19.8 Å². The van der Waals surface area contributed by atoms with E-state index >= 15 is 0 Å². The molecule has 2 N–H and O–H groups in total. The van der Waals surface area contributed by atoms with Crippen molar-refractivity contribution in [3.8, 4) is 0 Å². The maximum absolute atomic E-state index is 8.71. The Balaban J connectivity index is 2.36. The minimum absolute atomic E-state index is 0.160. The van der Waals surface area contributed by atoms with E-state index in [9.17, 15) is 0 Å². The van der Waals surface area contributed by atoms with E-state index in [1.165, 1.54) is 6.92 Å². The SMILES string of the molecule is CC(O)(O)C1CC1. The second-order valence-electron chi connectivity index (χ2n) is 2.37. The second-order valence-corrected chi connectivity index (χ2v) is 2.37. The van der Waals surface area contributed by atoms with Crippen molar-refractivity contribution in [2.75, 3.05) is 0 Å². The second kappa shape index (κ2) is 1.20. The quantitative estimate of drug-likeness (QED) is 0.461. The number of hydrogen-bond donors (Lipinski definition) is 2. The summed E-state index contributed by atoms with van der Waals surface area (Å²) >= 11 is 0. The number of rotatable bonds is 1. The largest absolute Gasteiger partial charge is 0.366 e. The van der Waals surface area contributed by atoms with Crippen molar-refractivity contribution in [2.24, 2.45) is 5.92 Å². The van der Waals surface area contributed by atoms with Crippen molar-refractivity contribution in [1.29, 1.82) is 0 Å². The van der Waals surface area contributed by atoms with Gasteiger partial charge in [-0.15, -0.1) is 0 Å². The van der Waals surface area contributed by atoms with Crippen molar-refractivity contribution in [1.82, 2.24) is 0 Å². The lowest BCUT2D eigenvalue weighted by Gasteiger charge is -2.12. The Morgan fingerprint density at radius 3 is 1.86 bits per heavy atom. The van der Waals surface area contributed by atoms with Gasteiger partial charge in [-0.25, -0.2) is 0 Å². The highest BCUT2D eigenvalue weighted by Gasteiger charge is 2.37. The fraction of sp³-hybridized carbons (Fsp3) is 1.00. The zero-order valence-corrected chi connectivity index (χ0v) is 4.39. The van der Waals surface area contributed by atoms with E-state index in [4.69, 9.17) is 10.2 Å². The minimum Gasteiger partial charge on any atom is -0.366 e. The van der Waals surface area contributed by atoms with Crippen LogP contribution >= 0.6 is 0 Å². The van der Waals surface area contributed by atoms with Crippen LogP contribution < -0.4 is 0 Å². The van der Waals surface area contributed by atoms with Gasteiger partial charge in [0.1, 0.15) is 0 Å². The Bertz CT molecular complexity index is 68.6. The highest BCUT2D eigenvalue weighted by atomic mass is 16.5. The molecule has 0 saturated heterocycles. The summed E-state index contributed by atoms with van der Waals surface area (Å²) in [6.45, 7) is 1.44. The smallest absolute Gasteiger partial charge is 0.162 e. The highest BCUT2D eigenvalue weighted by Crippen LogP contribution is 2.37. The molecule has 1 aliphatic rings. The van der Waals surface area contributed by atoms with Crippen LogP contribution in [0.25, 0.3) is 0 Å². The Morgan fingerprint density at radius 1 is 1.43 bits per heavy atom. The lowest BCUT2D eigenvalue weighted by molar-refractivity contribution is -0.160. The lowest BCUT2D eigenvalue weighted by Crippen LogP contribution is -2.25. The molecule has 1 saturated carbocycles. The summed E-state index contributed by atoms with van der Waals surface area (Å²) in [5, 5.41) is 17.4.